The molecule has 0 aromatic carbocycles. The van der Waals surface area contributed by atoms with E-state index in [0.29, 0.717) is 0 Å². The molecule has 1 aliphatic rings. The summed E-state index contributed by atoms with van der Waals surface area (Å²) in [5, 5.41) is 0. The Bertz CT molecular complexity index is 183. The minimum atomic E-state index is -1.25. The Kier molecular flexibility index (Phi) is 2.68. The van der Waals surface area contributed by atoms with E-state index in [-0.39, 0.29) is 0 Å². The maximum Gasteiger partial charge on any atom is 0.185 e. The van der Waals surface area contributed by atoms with E-state index in [0.717, 1.165) is 0 Å². The van der Waals surface area contributed by atoms with Crippen molar-refractivity contribution in [1.82, 2.24) is 13.5 Å². The predicted molar refractivity (Wildman–Crippen MR) is 62.0 cm³/mol. The van der Waals surface area contributed by atoms with Gasteiger partial charge in [-0.15, -0.1) is 0 Å². The van der Waals surface area contributed by atoms with E-state index in [1.54, 1.807) is 0 Å². The van der Waals surface area contributed by atoms with Crippen molar-refractivity contribution < 1.29 is 0 Å². The molecule has 1 rings (SSSR count). The first-order valence-electron chi connectivity index (χ1n) is 4.55. The Labute approximate surface area is 79.6 Å². The van der Waals surface area contributed by atoms with Crippen molar-refractivity contribution in [1.29, 1.82) is 0 Å². The molecular formula is C6H21N3Si3. The molecule has 0 aromatic rings. The molecule has 1 fully saturated rings. The molecular weight excluding hydrogens is 198 g/mol. The molecule has 1 heterocycles. The number of rotatable bonds is 0. The summed E-state index contributed by atoms with van der Waals surface area (Å²) >= 11 is 0. The van der Waals surface area contributed by atoms with Crippen molar-refractivity contribution >= 4 is 25.9 Å². The zero-order chi connectivity index (χ0) is 9.57. The Hall–Kier alpha value is 0.531. The summed E-state index contributed by atoms with van der Waals surface area (Å²) in [5.41, 5.74) is 0. The Morgan fingerprint density at radius 3 is 2.08 bits per heavy atom. The smallest absolute Gasteiger partial charge is 0.185 e. The van der Waals surface area contributed by atoms with Crippen LogP contribution < -0.4 is 9.30 Å². The van der Waals surface area contributed by atoms with Gasteiger partial charge >= 0.3 is 0 Å². The molecule has 0 amide bonds. The van der Waals surface area contributed by atoms with Crippen LogP contribution in [0.25, 0.3) is 0 Å². The van der Waals surface area contributed by atoms with Crippen LogP contribution in [0.4, 0.5) is 0 Å². The Morgan fingerprint density at radius 2 is 1.67 bits per heavy atom. The SMILES string of the molecule is CN1[SiH](C)N[Si](C)(C)N[Si]1(C)C. The highest BCUT2D eigenvalue weighted by Gasteiger charge is 2.43. The monoisotopic (exact) mass is 219 g/mol. The van der Waals surface area contributed by atoms with Crippen LogP contribution in [0.1, 0.15) is 0 Å². The topological polar surface area (TPSA) is 27.3 Å². The van der Waals surface area contributed by atoms with Crippen LogP contribution in [0.2, 0.25) is 32.7 Å². The zero-order valence-corrected chi connectivity index (χ0v) is 12.2. The van der Waals surface area contributed by atoms with Gasteiger partial charge in [0.2, 0.25) is 0 Å². The third-order valence-corrected chi connectivity index (χ3v) is 18.2. The van der Waals surface area contributed by atoms with E-state index in [4.69, 9.17) is 0 Å². The standard InChI is InChI=1S/C6H21N3Si3/c1-9-10(2)7-11(3,4)8-12(9,5)6/h7-8,10H,1-6H3. The first-order chi connectivity index (χ1) is 5.25. The fourth-order valence-electron chi connectivity index (χ4n) is 1.99. The molecule has 0 radical (unpaired) electrons. The average molecular weight is 220 g/mol. The van der Waals surface area contributed by atoms with Crippen LogP contribution in [0.3, 0.4) is 0 Å². The first-order valence-corrected chi connectivity index (χ1v) is 12.7. The van der Waals surface area contributed by atoms with E-state index in [9.17, 15) is 0 Å². The molecule has 0 spiro atoms. The van der Waals surface area contributed by atoms with Crippen molar-refractivity contribution in [2.75, 3.05) is 7.05 Å². The van der Waals surface area contributed by atoms with Gasteiger partial charge in [-0.05, 0) is 39.8 Å². The van der Waals surface area contributed by atoms with Gasteiger partial charge in [0.25, 0.3) is 0 Å². The summed E-state index contributed by atoms with van der Waals surface area (Å²) < 4.78 is 10.2. The Morgan fingerprint density at radius 1 is 1.17 bits per heavy atom. The highest BCUT2D eigenvalue weighted by atomic mass is 28.5. The van der Waals surface area contributed by atoms with Crippen molar-refractivity contribution in [2.24, 2.45) is 0 Å². The summed E-state index contributed by atoms with van der Waals surface area (Å²) in [6.45, 7) is 12.0. The highest BCUT2D eigenvalue weighted by molar-refractivity contribution is 6.99. The molecule has 12 heavy (non-hydrogen) atoms. The van der Waals surface area contributed by atoms with Crippen molar-refractivity contribution in [3.63, 3.8) is 0 Å². The normalized spacial score (nSPS) is 35.0. The quantitative estimate of drug-likeness (QED) is 0.577. The second kappa shape index (κ2) is 3.03. The fraction of sp³-hybridized carbons (Fsp3) is 1.00. The summed E-state index contributed by atoms with van der Waals surface area (Å²) in [6, 6.07) is 0. The Balaban J connectivity index is 2.80. The number of nitrogens with zero attached hydrogens (tertiary/aromatic N) is 1. The maximum atomic E-state index is 3.84. The molecule has 2 N–H and O–H groups in total. The summed E-state index contributed by atoms with van der Waals surface area (Å²) in [5.74, 6) is 0. The van der Waals surface area contributed by atoms with Gasteiger partial charge in [-0.2, -0.15) is 0 Å². The van der Waals surface area contributed by atoms with Crippen molar-refractivity contribution in [3.05, 3.63) is 0 Å². The van der Waals surface area contributed by atoms with Gasteiger partial charge in [-0.3, -0.25) is 0 Å². The van der Waals surface area contributed by atoms with E-state index in [2.05, 4.69) is 53.3 Å². The lowest BCUT2D eigenvalue weighted by atomic mass is 11.6. The molecule has 1 unspecified atom stereocenters. The predicted octanol–water partition coefficient (Wildman–Crippen LogP) is 0.365. The zero-order valence-electron chi connectivity index (χ0n) is 9.02. The first kappa shape index (κ1) is 10.6. The van der Waals surface area contributed by atoms with E-state index >= 15 is 0 Å². The van der Waals surface area contributed by atoms with Gasteiger partial charge < -0.3 is 13.5 Å². The van der Waals surface area contributed by atoms with Crippen molar-refractivity contribution in [2.45, 2.75) is 32.7 Å². The number of nitrogens with one attached hydrogen (secondary N) is 2. The minimum Gasteiger partial charge on any atom is -0.339 e. The lowest BCUT2D eigenvalue weighted by Crippen LogP contribution is -2.83. The molecule has 72 valence electrons. The van der Waals surface area contributed by atoms with E-state index in [1.807, 2.05) is 0 Å². The molecule has 0 saturated carbocycles. The van der Waals surface area contributed by atoms with E-state index in [1.165, 1.54) is 0 Å². The second-order valence-corrected chi connectivity index (χ2v) is 16.6. The van der Waals surface area contributed by atoms with Crippen LogP contribution in [0, 0.1) is 0 Å². The summed E-state index contributed by atoms with van der Waals surface area (Å²) in [7, 11) is -1.02. The van der Waals surface area contributed by atoms with Crippen LogP contribution in [0.5, 0.6) is 0 Å². The van der Waals surface area contributed by atoms with Gasteiger partial charge in [0.15, 0.2) is 25.9 Å². The molecule has 0 aliphatic carbocycles. The fourth-order valence-corrected chi connectivity index (χ4v) is 19.7. The van der Waals surface area contributed by atoms with Gasteiger partial charge in [-0.25, -0.2) is 0 Å². The third-order valence-electron chi connectivity index (χ3n) is 2.65. The molecule has 6 heteroatoms. The lowest BCUT2D eigenvalue weighted by molar-refractivity contribution is 0.724. The molecule has 1 aliphatic heterocycles. The maximum absolute atomic E-state index is 3.84. The van der Waals surface area contributed by atoms with Gasteiger partial charge in [-0.1, -0.05) is 0 Å². The molecule has 3 nitrogen and oxygen atoms in total. The molecule has 0 aromatic heterocycles. The summed E-state index contributed by atoms with van der Waals surface area (Å²) in [4.78, 5) is 0. The second-order valence-electron chi connectivity index (χ2n) is 4.74. The summed E-state index contributed by atoms with van der Waals surface area (Å²) in [6.07, 6.45) is 0. The number of hydrogen-bond acceptors (Lipinski definition) is 3. The molecule has 1 atom stereocenters. The average Bonchev–Trinajstić information content (AvgIpc) is 1.79. The van der Waals surface area contributed by atoms with Gasteiger partial charge in [0.1, 0.15) is 0 Å². The largest absolute Gasteiger partial charge is 0.339 e. The third kappa shape index (κ3) is 2.06. The number of hydrogen-bond donors (Lipinski definition) is 2. The highest BCUT2D eigenvalue weighted by Crippen LogP contribution is 2.13. The minimum absolute atomic E-state index is 0.794. The van der Waals surface area contributed by atoms with Crippen LogP contribution in [0.15, 0.2) is 0 Å². The van der Waals surface area contributed by atoms with Crippen LogP contribution >= 0.6 is 0 Å². The molecule has 1 saturated heterocycles. The van der Waals surface area contributed by atoms with E-state index < -0.39 is 25.9 Å². The van der Waals surface area contributed by atoms with Gasteiger partial charge in [0, 0.05) is 0 Å². The van der Waals surface area contributed by atoms with Crippen LogP contribution in [-0.4, -0.2) is 37.2 Å². The lowest BCUT2D eigenvalue weighted by Gasteiger charge is -2.50. The van der Waals surface area contributed by atoms with Gasteiger partial charge in [0.05, 0.1) is 0 Å². The van der Waals surface area contributed by atoms with Crippen LogP contribution in [-0.2, 0) is 0 Å². The molecule has 0 bridgehead atoms. The van der Waals surface area contributed by atoms with Crippen molar-refractivity contribution in [3.8, 4) is 0 Å².